The van der Waals surface area contributed by atoms with Crippen molar-refractivity contribution in [3.8, 4) is 11.5 Å². The summed E-state index contributed by atoms with van der Waals surface area (Å²) in [5.74, 6) is -0.423. The number of esters is 2. The number of piperidine rings is 3. The Kier molecular flexibility index (Phi) is 11.6. The van der Waals surface area contributed by atoms with Gasteiger partial charge in [0.2, 0.25) is 0 Å². The lowest BCUT2D eigenvalue weighted by molar-refractivity contribution is -0.159. The lowest BCUT2D eigenvalue weighted by Gasteiger charge is -2.44. The van der Waals surface area contributed by atoms with Gasteiger partial charge in [0.05, 0.1) is 22.2 Å². The molecule has 0 spiro atoms. The number of pyridine rings is 1. The summed E-state index contributed by atoms with van der Waals surface area (Å²) in [6, 6.07) is 18.2. The van der Waals surface area contributed by atoms with Crippen LogP contribution in [0.5, 0.6) is 11.5 Å². The molecule has 3 aliphatic heterocycles. The Hall–Kier alpha value is -4.49. The number of ether oxygens (including phenoxy) is 4. The molecule has 3 aromatic carbocycles. The molecule has 1 saturated carbocycles. The van der Waals surface area contributed by atoms with Crippen molar-refractivity contribution in [2.24, 2.45) is 11.8 Å². The summed E-state index contributed by atoms with van der Waals surface area (Å²) in [6.45, 7) is 0.0476. The molecule has 0 radical (unpaired) electrons. The first-order chi connectivity index (χ1) is 27.2. The van der Waals surface area contributed by atoms with E-state index < -0.39 is 24.7 Å². The van der Waals surface area contributed by atoms with E-state index in [1.807, 2.05) is 29.6 Å². The zero-order valence-electron chi connectivity index (χ0n) is 30.2. The Morgan fingerprint density at radius 1 is 0.946 bits per heavy atom. The fourth-order valence-corrected chi connectivity index (χ4v) is 8.92. The summed E-state index contributed by atoms with van der Waals surface area (Å²) in [4.78, 5) is 34.5. The second kappa shape index (κ2) is 16.9. The first kappa shape index (κ1) is 38.4. The summed E-state index contributed by atoms with van der Waals surface area (Å²) in [5, 5.41) is 6.83. The number of halogens is 4. The molecule has 9 rings (SSSR count). The van der Waals surface area contributed by atoms with Crippen molar-refractivity contribution < 1.29 is 37.3 Å². The Labute approximate surface area is 336 Å². The van der Waals surface area contributed by atoms with E-state index in [2.05, 4.69) is 15.2 Å². The van der Waals surface area contributed by atoms with Crippen LogP contribution in [0.15, 0.2) is 84.5 Å². The molecule has 2 bridgehead atoms. The van der Waals surface area contributed by atoms with Crippen LogP contribution in [0.4, 0.5) is 14.5 Å². The van der Waals surface area contributed by atoms with Gasteiger partial charge in [-0.25, -0.2) is 9.59 Å². The van der Waals surface area contributed by atoms with Crippen LogP contribution < -0.4 is 14.8 Å². The molecule has 9 nitrogen and oxygen atoms in total. The highest BCUT2D eigenvalue weighted by atomic mass is 35.5. The van der Waals surface area contributed by atoms with Gasteiger partial charge in [0.25, 0.3) is 0 Å². The summed E-state index contributed by atoms with van der Waals surface area (Å²) in [7, 11) is 0. The number of benzene rings is 3. The number of nitrogens with one attached hydrogen (secondary N) is 1. The lowest BCUT2D eigenvalue weighted by atomic mass is 9.86. The standard InChI is InChI=1S/C42H39Cl2F2N3O6S/c43-32-19-47-20-33(44)30(32)18-35(26-10-11-34(55-42(45)46)36(17-26)52-22-24-8-9-24)53-40(50)27-4-3-5-28(16-27)48-39(31-23-56-38-7-2-1-6-29(31)38)41(51)54-37-21-49-14-12-25(37)13-15-49/h1-7,10-11,16-17,19-20,23-25,35,37,39,42,48H,8-9,12-15,18,21-22H2/t35-,37-,39?/m0/s1. The maximum Gasteiger partial charge on any atom is 0.387 e. The van der Waals surface area contributed by atoms with Crippen molar-refractivity contribution in [2.45, 2.75) is 57.0 Å². The minimum atomic E-state index is -3.06. The third kappa shape index (κ3) is 8.89. The maximum atomic E-state index is 14.1. The molecule has 5 heterocycles. The number of aromatic nitrogens is 1. The number of hydrogen-bond acceptors (Lipinski definition) is 10. The molecular formula is C42H39Cl2F2N3O6S. The van der Waals surface area contributed by atoms with Crippen LogP contribution in [0, 0.1) is 11.8 Å². The number of carbonyl (C=O) groups excluding carboxylic acids is 2. The minimum Gasteiger partial charge on any atom is -0.489 e. The largest absolute Gasteiger partial charge is 0.489 e. The third-order valence-electron chi connectivity index (χ3n) is 10.6. The highest BCUT2D eigenvalue weighted by molar-refractivity contribution is 7.17. The van der Waals surface area contributed by atoms with Gasteiger partial charge in [0, 0.05) is 41.3 Å². The third-order valence-corrected chi connectivity index (χ3v) is 12.3. The predicted molar refractivity (Wildman–Crippen MR) is 211 cm³/mol. The molecule has 56 heavy (non-hydrogen) atoms. The Morgan fingerprint density at radius 3 is 2.46 bits per heavy atom. The van der Waals surface area contributed by atoms with E-state index in [-0.39, 0.29) is 45.6 Å². The smallest absolute Gasteiger partial charge is 0.387 e. The highest BCUT2D eigenvalue weighted by Crippen LogP contribution is 2.39. The number of carbonyl (C=O) groups is 2. The van der Waals surface area contributed by atoms with Crippen molar-refractivity contribution in [3.05, 3.63) is 117 Å². The molecule has 1 unspecified atom stereocenters. The monoisotopic (exact) mass is 821 g/mol. The average molecular weight is 823 g/mol. The number of rotatable bonds is 15. The molecule has 3 atom stereocenters. The highest BCUT2D eigenvalue weighted by Gasteiger charge is 2.38. The second-order valence-corrected chi connectivity index (χ2v) is 16.2. The molecule has 3 saturated heterocycles. The van der Waals surface area contributed by atoms with E-state index in [9.17, 15) is 18.4 Å². The van der Waals surface area contributed by atoms with Gasteiger partial charge in [-0.15, -0.1) is 11.3 Å². The molecule has 4 aliphatic rings. The molecule has 4 fully saturated rings. The van der Waals surface area contributed by atoms with Crippen molar-refractivity contribution >= 4 is 62.3 Å². The fraction of sp³-hybridized carbons (Fsp3) is 0.357. The zero-order chi connectivity index (χ0) is 38.8. The maximum absolute atomic E-state index is 14.1. The van der Waals surface area contributed by atoms with Gasteiger partial charge in [-0.3, -0.25) is 9.88 Å². The van der Waals surface area contributed by atoms with Crippen molar-refractivity contribution in [1.82, 2.24) is 9.88 Å². The summed E-state index contributed by atoms with van der Waals surface area (Å²) in [6.07, 6.45) is 5.74. The Bertz CT molecular complexity index is 2190. The van der Waals surface area contributed by atoms with Crippen LogP contribution >= 0.6 is 34.5 Å². The van der Waals surface area contributed by atoms with Crippen LogP contribution in [-0.4, -0.2) is 60.8 Å². The quantitative estimate of drug-likeness (QED) is 0.104. The van der Waals surface area contributed by atoms with E-state index >= 15 is 0 Å². The number of alkyl halides is 2. The van der Waals surface area contributed by atoms with Gasteiger partial charge < -0.3 is 24.3 Å². The SMILES string of the molecule is O=C(O[C@@H](Cc1c(Cl)cncc1Cl)c1ccc(OC(F)F)c(OCC2CC2)c1)c1cccc(NC(C(=O)O[C@H]2CN3CCC2CC3)c2csc3ccccc23)c1. The molecule has 292 valence electrons. The number of thiophene rings is 1. The fourth-order valence-electron chi connectivity index (χ4n) is 7.42. The van der Waals surface area contributed by atoms with Gasteiger partial charge in [-0.1, -0.05) is 53.5 Å². The number of nitrogens with zero attached hydrogens (tertiary/aromatic N) is 2. The molecule has 14 heteroatoms. The number of anilines is 1. The van der Waals surface area contributed by atoms with E-state index in [0.717, 1.165) is 61.0 Å². The van der Waals surface area contributed by atoms with Gasteiger partial charge in [-0.2, -0.15) is 8.78 Å². The molecule has 2 aromatic heterocycles. The van der Waals surface area contributed by atoms with E-state index in [0.29, 0.717) is 35.3 Å². The van der Waals surface area contributed by atoms with Gasteiger partial charge in [0.15, 0.2) is 17.5 Å². The van der Waals surface area contributed by atoms with Crippen molar-refractivity contribution in [2.75, 3.05) is 31.6 Å². The van der Waals surface area contributed by atoms with Gasteiger partial charge >= 0.3 is 18.6 Å². The normalized spacial score (nSPS) is 20.1. The van der Waals surface area contributed by atoms with Crippen LogP contribution in [0.2, 0.25) is 10.0 Å². The first-order valence-corrected chi connectivity index (χ1v) is 20.3. The summed E-state index contributed by atoms with van der Waals surface area (Å²) in [5.41, 5.74) is 2.43. The summed E-state index contributed by atoms with van der Waals surface area (Å²) < 4.78 is 50.8. The number of hydrogen-bond donors (Lipinski definition) is 1. The first-order valence-electron chi connectivity index (χ1n) is 18.6. The summed E-state index contributed by atoms with van der Waals surface area (Å²) >= 11 is 14.6. The predicted octanol–water partition coefficient (Wildman–Crippen LogP) is 9.92. The molecule has 1 aliphatic carbocycles. The van der Waals surface area contributed by atoms with Crippen LogP contribution in [-0.2, 0) is 20.7 Å². The van der Waals surface area contributed by atoms with Gasteiger partial charge in [0.1, 0.15) is 12.2 Å². The molecular weight excluding hydrogens is 783 g/mol. The van der Waals surface area contributed by atoms with E-state index in [4.69, 9.17) is 42.1 Å². The van der Waals surface area contributed by atoms with Gasteiger partial charge in [-0.05, 0) is 109 Å². The zero-order valence-corrected chi connectivity index (χ0v) is 32.5. The molecule has 1 N–H and O–H groups in total. The Balaban J connectivity index is 1.07. The van der Waals surface area contributed by atoms with Crippen molar-refractivity contribution in [3.63, 3.8) is 0 Å². The minimum absolute atomic E-state index is 0.0414. The van der Waals surface area contributed by atoms with E-state index in [1.54, 1.807) is 35.6 Å². The van der Waals surface area contributed by atoms with Crippen LogP contribution in [0.25, 0.3) is 10.1 Å². The molecule has 0 amide bonds. The topological polar surface area (TPSA) is 99.2 Å². The van der Waals surface area contributed by atoms with Crippen LogP contribution in [0.1, 0.15) is 64.9 Å². The molecule has 5 aromatic rings. The van der Waals surface area contributed by atoms with E-state index in [1.165, 1.54) is 30.6 Å². The van der Waals surface area contributed by atoms with Crippen molar-refractivity contribution in [1.29, 1.82) is 0 Å². The Morgan fingerprint density at radius 2 is 1.73 bits per heavy atom. The average Bonchev–Trinajstić information content (AvgIpc) is 3.94. The van der Waals surface area contributed by atoms with Crippen LogP contribution in [0.3, 0.4) is 0 Å². The second-order valence-electron chi connectivity index (χ2n) is 14.5. The number of fused-ring (bicyclic) bond motifs is 4. The lowest BCUT2D eigenvalue weighted by Crippen LogP contribution is -2.52.